The molecule has 6 nitrogen and oxygen atoms in total. The minimum Gasteiger partial charge on any atom is -0.481 e. The molecular weight excluding hydrogens is 248 g/mol. The number of carbonyl (C=O) groups excluding carboxylic acids is 2. The number of carboxylic acid groups (broad SMARTS) is 1. The van der Waals surface area contributed by atoms with Gasteiger partial charge in [0.25, 0.3) is 0 Å². The molecule has 0 unspecified atom stereocenters. The second-order valence-electron chi connectivity index (χ2n) is 6.15. The number of carbonyl (C=O) groups is 3. The summed E-state index contributed by atoms with van der Waals surface area (Å²) >= 11 is 0. The molecule has 0 heterocycles. The van der Waals surface area contributed by atoms with Gasteiger partial charge in [0.05, 0.1) is 6.42 Å². The maximum Gasteiger partial charge on any atom is 0.321 e. The largest absolute Gasteiger partial charge is 0.481 e. The van der Waals surface area contributed by atoms with Gasteiger partial charge in [0.2, 0.25) is 5.91 Å². The minimum atomic E-state index is -1.06. The number of hydrogen-bond acceptors (Lipinski definition) is 3. The third-order valence-electron chi connectivity index (χ3n) is 4.61. The van der Waals surface area contributed by atoms with Crippen LogP contribution in [0.4, 0.5) is 4.79 Å². The normalized spacial score (nSPS) is 19.6. The molecule has 3 amide bonds. The number of urea groups is 1. The molecule has 1 fully saturated rings. The number of amides is 3. The molecule has 0 atom stereocenters. The Hall–Kier alpha value is -1.59. The number of imide groups is 1. The molecule has 0 aromatic carbocycles. The van der Waals surface area contributed by atoms with Gasteiger partial charge in [-0.2, -0.15) is 0 Å². The third kappa shape index (κ3) is 3.45. The van der Waals surface area contributed by atoms with Crippen molar-refractivity contribution >= 4 is 17.9 Å². The standard InChI is InChI=1S/C13H22N2O4/c1-12(2)8(13(12,3)4)7-14-11(19)15-9(16)5-6-10(17)18/h8H,5-7H2,1-4H3,(H,17,18)(H2,14,15,16,19). The van der Waals surface area contributed by atoms with E-state index in [1.807, 2.05) is 0 Å². The van der Waals surface area contributed by atoms with Crippen molar-refractivity contribution in [1.29, 1.82) is 0 Å². The van der Waals surface area contributed by atoms with Crippen molar-refractivity contribution in [3.8, 4) is 0 Å². The Morgan fingerprint density at radius 2 is 1.58 bits per heavy atom. The van der Waals surface area contributed by atoms with E-state index in [9.17, 15) is 14.4 Å². The van der Waals surface area contributed by atoms with Crippen LogP contribution in [0.15, 0.2) is 0 Å². The van der Waals surface area contributed by atoms with Crippen molar-refractivity contribution < 1.29 is 19.5 Å². The Bertz CT molecular complexity index is 387. The van der Waals surface area contributed by atoms with Crippen molar-refractivity contribution in [2.24, 2.45) is 16.7 Å². The van der Waals surface area contributed by atoms with Crippen LogP contribution in [0, 0.1) is 16.7 Å². The predicted molar refractivity (Wildman–Crippen MR) is 69.5 cm³/mol. The molecule has 0 spiro atoms. The smallest absolute Gasteiger partial charge is 0.321 e. The molecule has 1 rings (SSSR count). The zero-order valence-corrected chi connectivity index (χ0v) is 11.9. The van der Waals surface area contributed by atoms with Crippen molar-refractivity contribution in [3.05, 3.63) is 0 Å². The van der Waals surface area contributed by atoms with E-state index in [0.29, 0.717) is 12.5 Å². The summed E-state index contributed by atoms with van der Waals surface area (Å²) in [5.74, 6) is -1.26. The first-order chi connectivity index (χ1) is 8.59. The van der Waals surface area contributed by atoms with Crippen LogP contribution in [0.3, 0.4) is 0 Å². The maximum atomic E-state index is 11.5. The maximum absolute atomic E-state index is 11.5. The van der Waals surface area contributed by atoms with Gasteiger partial charge in [-0.05, 0) is 16.7 Å². The molecule has 6 heteroatoms. The molecule has 0 aliphatic heterocycles. The van der Waals surface area contributed by atoms with Gasteiger partial charge in [0, 0.05) is 13.0 Å². The quantitative estimate of drug-likeness (QED) is 0.703. The fourth-order valence-electron chi connectivity index (χ4n) is 2.49. The van der Waals surface area contributed by atoms with Crippen molar-refractivity contribution in [2.75, 3.05) is 6.54 Å². The Morgan fingerprint density at radius 3 is 2.00 bits per heavy atom. The molecule has 0 bridgehead atoms. The first-order valence-electron chi connectivity index (χ1n) is 6.38. The molecule has 1 aliphatic rings. The lowest BCUT2D eigenvalue weighted by atomic mass is 10.0. The zero-order chi connectivity index (χ0) is 14.8. The summed E-state index contributed by atoms with van der Waals surface area (Å²) in [4.78, 5) is 33.0. The highest BCUT2D eigenvalue weighted by Crippen LogP contribution is 2.67. The minimum absolute atomic E-state index is 0.174. The van der Waals surface area contributed by atoms with E-state index >= 15 is 0 Å². The highest BCUT2D eigenvalue weighted by Gasteiger charge is 2.64. The summed E-state index contributed by atoms with van der Waals surface area (Å²) in [5, 5.41) is 13.2. The molecular formula is C13H22N2O4. The van der Waals surface area contributed by atoms with Crippen LogP contribution in [0.25, 0.3) is 0 Å². The van der Waals surface area contributed by atoms with E-state index in [4.69, 9.17) is 5.11 Å². The third-order valence-corrected chi connectivity index (χ3v) is 4.61. The fraction of sp³-hybridized carbons (Fsp3) is 0.769. The summed E-state index contributed by atoms with van der Waals surface area (Å²) in [6, 6.07) is -0.561. The first-order valence-corrected chi connectivity index (χ1v) is 6.38. The molecule has 1 aliphatic carbocycles. The SMILES string of the molecule is CC1(C)C(CNC(=O)NC(=O)CCC(=O)O)C1(C)C. The monoisotopic (exact) mass is 270 g/mol. The molecule has 0 radical (unpaired) electrons. The highest BCUT2D eigenvalue weighted by molar-refractivity contribution is 5.95. The molecule has 108 valence electrons. The molecule has 0 saturated heterocycles. The van der Waals surface area contributed by atoms with Gasteiger partial charge in [0.15, 0.2) is 0 Å². The van der Waals surface area contributed by atoms with E-state index in [0.717, 1.165) is 0 Å². The topological polar surface area (TPSA) is 95.5 Å². The van der Waals surface area contributed by atoms with Gasteiger partial charge >= 0.3 is 12.0 Å². The number of nitrogens with one attached hydrogen (secondary N) is 2. The number of hydrogen-bond donors (Lipinski definition) is 3. The van der Waals surface area contributed by atoms with E-state index in [-0.39, 0.29) is 23.7 Å². The van der Waals surface area contributed by atoms with E-state index in [1.54, 1.807) is 0 Å². The highest BCUT2D eigenvalue weighted by atomic mass is 16.4. The Morgan fingerprint density at radius 1 is 1.05 bits per heavy atom. The number of aliphatic carboxylic acids is 1. The molecule has 19 heavy (non-hydrogen) atoms. The van der Waals surface area contributed by atoms with Crippen molar-refractivity contribution in [2.45, 2.75) is 40.5 Å². The van der Waals surface area contributed by atoms with Crippen LogP contribution in [0.2, 0.25) is 0 Å². The summed E-state index contributed by atoms with van der Waals surface area (Å²) in [5.41, 5.74) is 0.348. The van der Waals surface area contributed by atoms with Crippen LogP contribution >= 0.6 is 0 Å². The Labute approximate surface area is 112 Å². The van der Waals surface area contributed by atoms with E-state index in [1.165, 1.54) is 0 Å². The molecule has 3 N–H and O–H groups in total. The number of carboxylic acids is 1. The summed E-state index contributed by atoms with van der Waals surface area (Å²) in [6.45, 7) is 9.10. The first kappa shape index (κ1) is 15.5. The summed E-state index contributed by atoms with van der Waals surface area (Å²) in [6.07, 6.45) is -0.467. The number of rotatable bonds is 5. The van der Waals surface area contributed by atoms with Crippen LogP contribution in [-0.2, 0) is 9.59 Å². The zero-order valence-electron chi connectivity index (χ0n) is 11.9. The molecule has 0 aromatic rings. The lowest BCUT2D eigenvalue weighted by Gasteiger charge is -2.07. The van der Waals surface area contributed by atoms with Gasteiger partial charge in [0.1, 0.15) is 0 Å². The average molecular weight is 270 g/mol. The van der Waals surface area contributed by atoms with Crippen molar-refractivity contribution in [3.63, 3.8) is 0 Å². The Balaban J connectivity index is 2.26. The molecule has 0 aromatic heterocycles. The van der Waals surface area contributed by atoms with Crippen LogP contribution in [-0.4, -0.2) is 29.6 Å². The van der Waals surface area contributed by atoms with Gasteiger partial charge in [-0.25, -0.2) is 4.79 Å². The van der Waals surface area contributed by atoms with Gasteiger partial charge in [-0.3, -0.25) is 14.9 Å². The van der Waals surface area contributed by atoms with E-state index < -0.39 is 17.9 Å². The summed E-state index contributed by atoms with van der Waals surface area (Å²) < 4.78 is 0. The lowest BCUT2D eigenvalue weighted by molar-refractivity contribution is -0.138. The molecule has 1 saturated carbocycles. The van der Waals surface area contributed by atoms with Crippen LogP contribution in [0.5, 0.6) is 0 Å². The average Bonchev–Trinajstić information content (AvgIpc) is 2.64. The lowest BCUT2D eigenvalue weighted by Crippen LogP contribution is -2.40. The Kier molecular flexibility index (Phi) is 4.22. The van der Waals surface area contributed by atoms with Crippen LogP contribution < -0.4 is 10.6 Å². The van der Waals surface area contributed by atoms with Gasteiger partial charge in [-0.1, -0.05) is 27.7 Å². The summed E-state index contributed by atoms with van der Waals surface area (Å²) in [7, 11) is 0. The van der Waals surface area contributed by atoms with Crippen molar-refractivity contribution in [1.82, 2.24) is 10.6 Å². The van der Waals surface area contributed by atoms with Gasteiger partial charge in [-0.15, -0.1) is 0 Å². The second-order valence-corrected chi connectivity index (χ2v) is 6.15. The van der Waals surface area contributed by atoms with E-state index in [2.05, 4.69) is 38.3 Å². The van der Waals surface area contributed by atoms with Gasteiger partial charge < -0.3 is 10.4 Å². The predicted octanol–water partition coefficient (Wildman–Crippen LogP) is 1.36. The fourth-order valence-corrected chi connectivity index (χ4v) is 2.49. The van der Waals surface area contributed by atoms with Crippen LogP contribution in [0.1, 0.15) is 40.5 Å². The second kappa shape index (κ2) is 5.19.